The number of ether oxygens (including phenoxy) is 3. The minimum Gasteiger partial charge on any atom is -0.462 e. The van der Waals surface area contributed by atoms with Crippen molar-refractivity contribution in [3.05, 3.63) is 158 Å². The van der Waals surface area contributed by atoms with Gasteiger partial charge >= 0.3 is 17.9 Å². The lowest BCUT2D eigenvalue weighted by molar-refractivity contribution is -0.167. The molecule has 0 aromatic heterocycles. The van der Waals surface area contributed by atoms with Crippen LogP contribution in [0.15, 0.2) is 158 Å². The molecule has 0 aliphatic carbocycles. The van der Waals surface area contributed by atoms with Gasteiger partial charge in [-0.1, -0.05) is 249 Å². The van der Waals surface area contributed by atoms with Gasteiger partial charge in [0.1, 0.15) is 13.2 Å². The molecular weight excluding hydrogens is 829 g/mol. The van der Waals surface area contributed by atoms with Crippen LogP contribution in [-0.2, 0) is 28.6 Å². The molecule has 67 heavy (non-hydrogen) atoms. The van der Waals surface area contributed by atoms with E-state index >= 15 is 0 Å². The Balaban J connectivity index is 4.61. The van der Waals surface area contributed by atoms with Gasteiger partial charge in [0, 0.05) is 19.3 Å². The standard InChI is InChI=1S/C61H92O6/c1-4-7-10-13-16-19-22-25-27-29-31-33-36-39-42-45-48-51-54-60(63)66-57-58(56-65-59(62)53-50-47-44-41-38-35-24-21-18-15-12-9-6-3)67-61(64)55-52-49-46-43-40-37-34-32-30-28-26-23-20-17-14-11-8-5-2/h9-10,12-13,15-16,18-19,21-35,38,41,44,58H,4-8,11,14,17,20,36-37,39-40,42-43,45-57H2,1-3H3/b12-9-,13-10-,18-15-,19-16-,24-21-,25-22-,26-23-,29-27-,30-28-,33-31-,34-32-,38-35-,44-41-. The summed E-state index contributed by atoms with van der Waals surface area (Å²) in [4.78, 5) is 38.0. The van der Waals surface area contributed by atoms with E-state index in [4.69, 9.17) is 14.2 Å². The number of allylic oxidation sites excluding steroid dienone is 26. The SMILES string of the molecule is CC\C=C/C=C\C=C/C=C\C=C/CCCC(=O)OCC(COC(=O)CCCCCCC\C=C/C=C\C=C/C=C\C=C/CCC)OC(=O)CCCCCCC\C=C/C=C\C=C/CCCCCCC. The second kappa shape index (κ2) is 53.6. The summed E-state index contributed by atoms with van der Waals surface area (Å²) in [5.41, 5.74) is 0. The van der Waals surface area contributed by atoms with Gasteiger partial charge in [0.05, 0.1) is 0 Å². The first-order chi connectivity index (χ1) is 33.0. The summed E-state index contributed by atoms with van der Waals surface area (Å²) in [6.07, 6.45) is 77.9. The van der Waals surface area contributed by atoms with Crippen molar-refractivity contribution in [2.45, 2.75) is 194 Å². The van der Waals surface area contributed by atoms with Crippen LogP contribution in [0.5, 0.6) is 0 Å². The van der Waals surface area contributed by atoms with Crippen molar-refractivity contribution in [3.63, 3.8) is 0 Å². The van der Waals surface area contributed by atoms with E-state index in [0.29, 0.717) is 12.8 Å². The van der Waals surface area contributed by atoms with E-state index in [-0.39, 0.29) is 44.0 Å². The lowest BCUT2D eigenvalue weighted by Crippen LogP contribution is -2.30. The fourth-order valence-corrected chi connectivity index (χ4v) is 6.38. The van der Waals surface area contributed by atoms with Crippen LogP contribution >= 0.6 is 0 Å². The lowest BCUT2D eigenvalue weighted by Gasteiger charge is -2.18. The Hall–Kier alpha value is -4.97. The molecule has 0 spiro atoms. The Morgan fingerprint density at radius 2 is 0.627 bits per heavy atom. The van der Waals surface area contributed by atoms with E-state index < -0.39 is 6.10 Å². The first-order valence-corrected chi connectivity index (χ1v) is 26.2. The summed E-state index contributed by atoms with van der Waals surface area (Å²) < 4.78 is 16.7. The third kappa shape index (κ3) is 51.9. The zero-order valence-electron chi connectivity index (χ0n) is 42.3. The van der Waals surface area contributed by atoms with E-state index in [1.165, 1.54) is 38.5 Å². The van der Waals surface area contributed by atoms with Crippen molar-refractivity contribution in [2.24, 2.45) is 0 Å². The topological polar surface area (TPSA) is 78.9 Å². The van der Waals surface area contributed by atoms with Crippen molar-refractivity contribution in [3.8, 4) is 0 Å². The van der Waals surface area contributed by atoms with Crippen molar-refractivity contribution in [1.29, 1.82) is 0 Å². The number of esters is 3. The van der Waals surface area contributed by atoms with E-state index in [2.05, 4.69) is 87.6 Å². The first-order valence-electron chi connectivity index (χ1n) is 26.2. The van der Waals surface area contributed by atoms with Crippen molar-refractivity contribution in [2.75, 3.05) is 13.2 Å². The van der Waals surface area contributed by atoms with Crippen LogP contribution in [0.3, 0.4) is 0 Å². The fourth-order valence-electron chi connectivity index (χ4n) is 6.38. The highest BCUT2D eigenvalue weighted by molar-refractivity contribution is 5.71. The largest absolute Gasteiger partial charge is 0.462 e. The molecule has 0 saturated carbocycles. The molecule has 372 valence electrons. The first kappa shape index (κ1) is 62.0. The third-order valence-electron chi connectivity index (χ3n) is 10.3. The van der Waals surface area contributed by atoms with Gasteiger partial charge < -0.3 is 14.2 Å². The minimum atomic E-state index is -0.837. The molecule has 0 saturated heterocycles. The number of carbonyl (C=O) groups is 3. The number of hydrogen-bond acceptors (Lipinski definition) is 6. The Kier molecular flexibility index (Phi) is 49.7. The van der Waals surface area contributed by atoms with Gasteiger partial charge in [0.25, 0.3) is 0 Å². The fraction of sp³-hybridized carbons (Fsp3) is 0.525. The van der Waals surface area contributed by atoms with Gasteiger partial charge in [0.2, 0.25) is 0 Å². The van der Waals surface area contributed by atoms with Crippen LogP contribution in [0.2, 0.25) is 0 Å². The molecule has 0 aliphatic heterocycles. The number of unbranched alkanes of at least 4 members (excludes halogenated alkanes) is 17. The van der Waals surface area contributed by atoms with E-state index in [0.717, 1.165) is 103 Å². The predicted molar refractivity (Wildman–Crippen MR) is 288 cm³/mol. The molecule has 0 aromatic rings. The molecule has 0 radical (unpaired) electrons. The molecular formula is C61H92O6. The van der Waals surface area contributed by atoms with Gasteiger partial charge in [0.15, 0.2) is 6.10 Å². The highest BCUT2D eigenvalue weighted by Crippen LogP contribution is 2.12. The maximum absolute atomic E-state index is 12.8. The number of carbonyl (C=O) groups excluding carboxylic acids is 3. The Labute approximate surface area is 409 Å². The van der Waals surface area contributed by atoms with Crippen LogP contribution in [0.25, 0.3) is 0 Å². The van der Waals surface area contributed by atoms with Gasteiger partial charge in [-0.25, -0.2) is 0 Å². The smallest absolute Gasteiger partial charge is 0.306 e. The normalized spacial score (nSPS) is 13.4. The van der Waals surface area contributed by atoms with Gasteiger partial charge in [-0.15, -0.1) is 0 Å². The van der Waals surface area contributed by atoms with Crippen LogP contribution in [0.1, 0.15) is 188 Å². The maximum Gasteiger partial charge on any atom is 0.306 e. The second-order valence-electron chi connectivity index (χ2n) is 16.6. The Morgan fingerprint density at radius 3 is 1.03 bits per heavy atom. The van der Waals surface area contributed by atoms with Gasteiger partial charge in [-0.05, 0) is 77.0 Å². The molecule has 0 rings (SSSR count). The average molecular weight is 921 g/mol. The molecule has 1 atom stereocenters. The summed E-state index contributed by atoms with van der Waals surface area (Å²) in [6.45, 7) is 6.26. The monoisotopic (exact) mass is 921 g/mol. The van der Waals surface area contributed by atoms with Crippen LogP contribution in [0, 0.1) is 0 Å². The summed E-state index contributed by atoms with van der Waals surface area (Å²) >= 11 is 0. The molecule has 6 heteroatoms. The summed E-state index contributed by atoms with van der Waals surface area (Å²) in [7, 11) is 0. The third-order valence-corrected chi connectivity index (χ3v) is 10.3. The Morgan fingerprint density at radius 1 is 0.313 bits per heavy atom. The quantitative estimate of drug-likeness (QED) is 0.0262. The maximum atomic E-state index is 12.8. The molecule has 6 nitrogen and oxygen atoms in total. The molecule has 1 unspecified atom stereocenters. The van der Waals surface area contributed by atoms with Crippen molar-refractivity contribution < 1.29 is 28.6 Å². The van der Waals surface area contributed by atoms with Crippen LogP contribution in [-0.4, -0.2) is 37.2 Å². The van der Waals surface area contributed by atoms with Gasteiger partial charge in [-0.2, -0.15) is 0 Å². The van der Waals surface area contributed by atoms with E-state index in [9.17, 15) is 14.4 Å². The molecule has 0 bridgehead atoms. The summed E-state index contributed by atoms with van der Waals surface area (Å²) in [5, 5.41) is 0. The lowest BCUT2D eigenvalue weighted by atomic mass is 10.1. The van der Waals surface area contributed by atoms with Gasteiger partial charge in [-0.3, -0.25) is 14.4 Å². The Bertz CT molecular complexity index is 1570. The summed E-state index contributed by atoms with van der Waals surface area (Å²) in [5.74, 6) is -1.06. The van der Waals surface area contributed by atoms with E-state index in [1.54, 1.807) is 0 Å². The summed E-state index contributed by atoms with van der Waals surface area (Å²) in [6, 6.07) is 0. The van der Waals surface area contributed by atoms with Crippen molar-refractivity contribution in [1.82, 2.24) is 0 Å². The van der Waals surface area contributed by atoms with Crippen LogP contribution in [0.4, 0.5) is 0 Å². The van der Waals surface area contributed by atoms with Crippen LogP contribution < -0.4 is 0 Å². The number of hydrogen-bond donors (Lipinski definition) is 0. The highest BCUT2D eigenvalue weighted by atomic mass is 16.6. The highest BCUT2D eigenvalue weighted by Gasteiger charge is 2.19. The zero-order valence-corrected chi connectivity index (χ0v) is 42.3. The predicted octanol–water partition coefficient (Wildman–Crippen LogP) is 17.4. The van der Waals surface area contributed by atoms with E-state index in [1.807, 2.05) is 91.1 Å². The number of rotatable bonds is 44. The minimum absolute atomic E-state index is 0.131. The molecule has 0 amide bonds. The molecule has 0 aliphatic rings. The molecule has 0 N–H and O–H groups in total. The average Bonchev–Trinajstić information content (AvgIpc) is 3.33. The zero-order chi connectivity index (χ0) is 48.6. The second-order valence-corrected chi connectivity index (χ2v) is 16.6. The molecule has 0 fully saturated rings. The molecule has 0 heterocycles. The van der Waals surface area contributed by atoms with Crippen molar-refractivity contribution >= 4 is 17.9 Å². The molecule has 0 aromatic carbocycles.